The average molecular weight is 308 g/mol. The third kappa shape index (κ3) is 3.43. The molecule has 1 heterocycles. The molecule has 2 aromatic rings. The van der Waals surface area contributed by atoms with E-state index in [9.17, 15) is 8.42 Å². The van der Waals surface area contributed by atoms with Gasteiger partial charge in [-0.2, -0.15) is 5.10 Å². The predicted octanol–water partition coefficient (Wildman–Crippen LogP) is 1.80. The number of sulfonamides is 1. The van der Waals surface area contributed by atoms with Gasteiger partial charge in [0.2, 0.25) is 0 Å². The minimum atomic E-state index is -3.65. The average Bonchev–Trinajstić information content (AvgIpc) is 2.78. The Morgan fingerprint density at radius 3 is 2.76 bits per heavy atom. The molecule has 6 nitrogen and oxygen atoms in total. The molecule has 1 aromatic carbocycles. The highest BCUT2D eigenvalue weighted by atomic mass is 32.2. The summed E-state index contributed by atoms with van der Waals surface area (Å²) in [5.41, 5.74) is 7.79. The van der Waals surface area contributed by atoms with Gasteiger partial charge in [-0.15, -0.1) is 0 Å². The molecule has 1 aromatic heterocycles. The molecule has 0 aliphatic heterocycles. The van der Waals surface area contributed by atoms with E-state index in [2.05, 4.69) is 9.82 Å². The zero-order valence-electron chi connectivity index (χ0n) is 12.4. The second kappa shape index (κ2) is 5.87. The predicted molar refractivity (Wildman–Crippen MR) is 82.4 cm³/mol. The van der Waals surface area contributed by atoms with Crippen LogP contribution in [-0.2, 0) is 23.5 Å². The van der Waals surface area contributed by atoms with Crippen LogP contribution in [0.4, 0.5) is 5.69 Å². The lowest BCUT2D eigenvalue weighted by molar-refractivity contribution is 0.601. The van der Waals surface area contributed by atoms with Gasteiger partial charge < -0.3 is 5.73 Å². The summed E-state index contributed by atoms with van der Waals surface area (Å²) < 4.78 is 29.1. The number of hydrogen-bond acceptors (Lipinski definition) is 4. The van der Waals surface area contributed by atoms with Crippen LogP contribution in [0.2, 0.25) is 0 Å². The molecule has 3 N–H and O–H groups in total. The van der Waals surface area contributed by atoms with Gasteiger partial charge in [-0.25, -0.2) is 8.42 Å². The Hall–Kier alpha value is -1.86. The molecule has 21 heavy (non-hydrogen) atoms. The van der Waals surface area contributed by atoms with E-state index in [1.165, 1.54) is 0 Å². The van der Waals surface area contributed by atoms with Gasteiger partial charge in [0.05, 0.1) is 16.3 Å². The van der Waals surface area contributed by atoms with Gasteiger partial charge in [0.15, 0.2) is 0 Å². The second-order valence-electron chi connectivity index (χ2n) is 4.98. The smallest absolute Gasteiger partial charge is 0.262 e. The molecule has 0 bridgehead atoms. The lowest BCUT2D eigenvalue weighted by atomic mass is 10.1. The molecule has 0 aliphatic carbocycles. The zero-order chi connectivity index (χ0) is 15.6. The highest BCUT2D eigenvalue weighted by Crippen LogP contribution is 2.21. The fourth-order valence-electron chi connectivity index (χ4n) is 2.05. The number of benzene rings is 1. The molecular formula is C14H20N4O2S. The van der Waals surface area contributed by atoms with E-state index in [0.717, 1.165) is 5.56 Å². The first-order chi connectivity index (χ1) is 9.83. The van der Waals surface area contributed by atoms with Gasteiger partial charge >= 0.3 is 0 Å². The number of hydrogen-bond donors (Lipinski definition) is 2. The van der Waals surface area contributed by atoms with Crippen LogP contribution >= 0.6 is 0 Å². The molecule has 0 saturated carbocycles. The van der Waals surface area contributed by atoms with Gasteiger partial charge in [-0.1, -0.05) is 19.1 Å². The number of nitrogens with two attached hydrogens (primary N) is 1. The Morgan fingerprint density at radius 1 is 1.43 bits per heavy atom. The lowest BCUT2D eigenvalue weighted by Gasteiger charge is -2.10. The fraction of sp³-hybridized carbons (Fsp3) is 0.357. The molecule has 0 spiro atoms. The van der Waals surface area contributed by atoms with Gasteiger partial charge in [-0.3, -0.25) is 9.40 Å². The number of aromatic nitrogens is 2. The van der Waals surface area contributed by atoms with E-state index in [0.29, 0.717) is 17.8 Å². The van der Waals surface area contributed by atoms with E-state index >= 15 is 0 Å². The van der Waals surface area contributed by atoms with E-state index in [-0.39, 0.29) is 10.9 Å². The maximum atomic E-state index is 12.5. The highest BCUT2D eigenvalue weighted by molar-refractivity contribution is 7.92. The molecule has 1 atom stereocenters. The van der Waals surface area contributed by atoms with Crippen LogP contribution in [0.15, 0.2) is 35.4 Å². The Labute approximate surface area is 125 Å². The van der Waals surface area contributed by atoms with Crippen molar-refractivity contribution in [2.24, 2.45) is 12.8 Å². The normalized spacial score (nSPS) is 13.1. The third-order valence-corrected chi connectivity index (χ3v) is 4.54. The summed E-state index contributed by atoms with van der Waals surface area (Å²) in [5, 5.41) is 4.22. The first-order valence-electron chi connectivity index (χ1n) is 6.74. The second-order valence-corrected chi connectivity index (χ2v) is 6.67. The van der Waals surface area contributed by atoms with Crippen LogP contribution in [0.1, 0.15) is 31.1 Å². The van der Waals surface area contributed by atoms with Crippen molar-refractivity contribution in [2.45, 2.75) is 31.2 Å². The van der Waals surface area contributed by atoms with Crippen LogP contribution < -0.4 is 10.5 Å². The van der Waals surface area contributed by atoms with Crippen LogP contribution in [0.25, 0.3) is 0 Å². The van der Waals surface area contributed by atoms with Crippen LogP contribution in [0, 0.1) is 0 Å². The van der Waals surface area contributed by atoms with Crippen LogP contribution in [0.5, 0.6) is 0 Å². The van der Waals surface area contributed by atoms with Crippen molar-refractivity contribution in [2.75, 3.05) is 4.72 Å². The van der Waals surface area contributed by atoms with Crippen molar-refractivity contribution in [1.82, 2.24) is 9.78 Å². The van der Waals surface area contributed by atoms with Crippen molar-refractivity contribution >= 4 is 15.7 Å². The number of anilines is 1. The molecule has 2 rings (SSSR count). The van der Waals surface area contributed by atoms with Crippen molar-refractivity contribution < 1.29 is 8.42 Å². The van der Waals surface area contributed by atoms with Gasteiger partial charge in [-0.05, 0) is 31.0 Å². The lowest BCUT2D eigenvalue weighted by Crippen LogP contribution is -2.14. The molecular weight excluding hydrogens is 288 g/mol. The zero-order valence-corrected chi connectivity index (χ0v) is 13.2. The first-order valence-corrected chi connectivity index (χ1v) is 8.22. The maximum absolute atomic E-state index is 12.5. The third-order valence-electron chi connectivity index (χ3n) is 3.18. The Kier molecular flexibility index (Phi) is 4.34. The molecule has 0 fully saturated rings. The molecule has 0 amide bonds. The fourth-order valence-corrected chi connectivity index (χ4v) is 3.18. The first kappa shape index (κ1) is 15.5. The topological polar surface area (TPSA) is 90.0 Å². The molecule has 1 unspecified atom stereocenters. The Balaban J connectivity index is 2.36. The quantitative estimate of drug-likeness (QED) is 0.881. The van der Waals surface area contributed by atoms with E-state index in [4.69, 9.17) is 5.73 Å². The largest absolute Gasteiger partial charge is 0.324 e. The van der Waals surface area contributed by atoms with Crippen molar-refractivity contribution in [3.63, 3.8) is 0 Å². The number of rotatable bonds is 5. The van der Waals surface area contributed by atoms with E-state index in [1.54, 1.807) is 36.1 Å². The summed E-state index contributed by atoms with van der Waals surface area (Å²) in [4.78, 5) is 0.197. The summed E-state index contributed by atoms with van der Waals surface area (Å²) in [5.74, 6) is 0. The van der Waals surface area contributed by atoms with Crippen molar-refractivity contribution in [1.29, 1.82) is 0 Å². The summed E-state index contributed by atoms with van der Waals surface area (Å²) in [7, 11) is -1.89. The number of nitrogens with one attached hydrogen (secondary N) is 1. The van der Waals surface area contributed by atoms with Crippen molar-refractivity contribution in [3.05, 3.63) is 41.7 Å². The van der Waals surface area contributed by atoms with Gasteiger partial charge in [0.1, 0.15) is 0 Å². The van der Waals surface area contributed by atoms with Crippen LogP contribution in [-0.4, -0.2) is 18.2 Å². The summed E-state index contributed by atoms with van der Waals surface area (Å²) in [6.45, 7) is 3.74. The van der Waals surface area contributed by atoms with Crippen molar-refractivity contribution in [3.8, 4) is 0 Å². The van der Waals surface area contributed by atoms with E-state index in [1.807, 2.05) is 19.9 Å². The Bertz CT molecular complexity index is 735. The summed E-state index contributed by atoms with van der Waals surface area (Å²) in [6, 6.07) is 6.43. The minimum Gasteiger partial charge on any atom is -0.324 e. The minimum absolute atomic E-state index is 0.197. The maximum Gasteiger partial charge on any atom is 0.262 e. The number of nitrogens with zero attached hydrogens (tertiary/aromatic N) is 2. The van der Waals surface area contributed by atoms with Gasteiger partial charge in [0.25, 0.3) is 10.0 Å². The SMILES string of the molecule is CCc1nn(C)cc1NS(=O)(=O)c1cccc(C(C)N)c1. The number of aryl methyl sites for hydroxylation is 2. The highest BCUT2D eigenvalue weighted by Gasteiger charge is 2.18. The molecule has 0 aliphatic rings. The summed E-state index contributed by atoms with van der Waals surface area (Å²) >= 11 is 0. The van der Waals surface area contributed by atoms with E-state index < -0.39 is 10.0 Å². The van der Waals surface area contributed by atoms with Crippen LogP contribution in [0.3, 0.4) is 0 Å². The molecule has 0 radical (unpaired) electrons. The molecule has 114 valence electrons. The van der Waals surface area contributed by atoms with Gasteiger partial charge in [0, 0.05) is 19.3 Å². The standard InChI is InChI=1S/C14H20N4O2S/c1-4-13-14(9-18(3)16-13)17-21(19,20)12-7-5-6-11(8-12)10(2)15/h5-10,17H,4,15H2,1-3H3. The molecule has 7 heteroatoms. The monoisotopic (exact) mass is 308 g/mol. The summed E-state index contributed by atoms with van der Waals surface area (Å²) in [6.07, 6.45) is 2.31. The Morgan fingerprint density at radius 2 is 2.14 bits per heavy atom. The molecule has 0 saturated heterocycles.